The molecular formula is C16H14ClNO2. The Morgan fingerprint density at radius 1 is 1.20 bits per heavy atom. The van der Waals surface area contributed by atoms with Gasteiger partial charge in [-0.05, 0) is 49.4 Å². The minimum absolute atomic E-state index is 0.0586. The van der Waals surface area contributed by atoms with Gasteiger partial charge in [0.25, 0.3) is 0 Å². The van der Waals surface area contributed by atoms with Crippen LogP contribution in [0.25, 0.3) is 0 Å². The average Bonchev–Trinajstić information content (AvgIpc) is 3.05. The molecule has 20 heavy (non-hydrogen) atoms. The van der Waals surface area contributed by atoms with Crippen molar-refractivity contribution < 1.29 is 9.59 Å². The van der Waals surface area contributed by atoms with E-state index in [0.717, 1.165) is 6.42 Å². The lowest BCUT2D eigenvalue weighted by Crippen LogP contribution is -2.37. The fourth-order valence-corrected chi connectivity index (χ4v) is 4.27. The van der Waals surface area contributed by atoms with Crippen LogP contribution in [0.5, 0.6) is 0 Å². The Morgan fingerprint density at radius 3 is 2.55 bits per heavy atom. The van der Waals surface area contributed by atoms with Crippen LogP contribution in [0.1, 0.15) is 13.3 Å². The molecule has 1 aromatic rings. The van der Waals surface area contributed by atoms with Gasteiger partial charge in [0.05, 0.1) is 17.0 Å². The molecule has 1 aromatic carbocycles. The molecule has 0 radical (unpaired) electrons. The molecular weight excluding hydrogens is 274 g/mol. The highest BCUT2D eigenvalue weighted by atomic mass is 35.5. The van der Waals surface area contributed by atoms with Gasteiger partial charge in [0.15, 0.2) is 0 Å². The second kappa shape index (κ2) is 3.73. The minimum Gasteiger partial charge on any atom is -0.274 e. The number of hydrogen-bond donors (Lipinski definition) is 0. The highest BCUT2D eigenvalue weighted by molar-refractivity contribution is 6.31. The van der Waals surface area contributed by atoms with Crippen molar-refractivity contribution in [3.05, 3.63) is 41.4 Å². The average molecular weight is 288 g/mol. The summed E-state index contributed by atoms with van der Waals surface area (Å²) in [6.45, 7) is 1.95. The molecule has 0 unspecified atom stereocenters. The van der Waals surface area contributed by atoms with Gasteiger partial charge in [-0.15, -0.1) is 0 Å². The zero-order chi connectivity index (χ0) is 14.1. The number of nitrogens with zero attached hydrogens (tertiary/aromatic N) is 1. The molecule has 2 aliphatic carbocycles. The molecule has 2 bridgehead atoms. The van der Waals surface area contributed by atoms with Crippen molar-refractivity contribution in [1.82, 2.24) is 0 Å². The van der Waals surface area contributed by atoms with Gasteiger partial charge < -0.3 is 0 Å². The summed E-state index contributed by atoms with van der Waals surface area (Å²) in [5, 5.41) is 0.598. The van der Waals surface area contributed by atoms with Gasteiger partial charge in [0.1, 0.15) is 0 Å². The van der Waals surface area contributed by atoms with Crippen molar-refractivity contribution in [3.63, 3.8) is 0 Å². The summed E-state index contributed by atoms with van der Waals surface area (Å²) in [6.07, 6.45) is 5.15. The number of hydrogen-bond acceptors (Lipinski definition) is 2. The van der Waals surface area contributed by atoms with Crippen LogP contribution in [0.3, 0.4) is 0 Å². The van der Waals surface area contributed by atoms with E-state index in [2.05, 4.69) is 12.2 Å². The molecule has 0 aromatic heterocycles. The molecule has 1 saturated carbocycles. The van der Waals surface area contributed by atoms with Crippen LogP contribution in [-0.4, -0.2) is 11.8 Å². The third-order valence-electron chi connectivity index (χ3n) is 5.20. The van der Waals surface area contributed by atoms with Crippen molar-refractivity contribution in [2.24, 2.45) is 23.2 Å². The van der Waals surface area contributed by atoms with Crippen molar-refractivity contribution in [2.45, 2.75) is 13.3 Å². The number of benzene rings is 1. The van der Waals surface area contributed by atoms with Crippen molar-refractivity contribution in [1.29, 1.82) is 0 Å². The topological polar surface area (TPSA) is 37.4 Å². The van der Waals surface area contributed by atoms with Gasteiger partial charge in [0, 0.05) is 5.02 Å². The molecule has 1 saturated heterocycles. The quantitative estimate of drug-likeness (QED) is 0.588. The summed E-state index contributed by atoms with van der Waals surface area (Å²) in [5.41, 5.74) is 0.0651. The van der Waals surface area contributed by atoms with E-state index in [-0.39, 0.29) is 29.6 Å². The van der Waals surface area contributed by atoms with E-state index in [1.165, 1.54) is 4.90 Å². The fraction of sp³-hybridized carbons (Fsp3) is 0.375. The Bertz CT molecular complexity index is 651. The summed E-state index contributed by atoms with van der Waals surface area (Å²) < 4.78 is 0. The third-order valence-corrected chi connectivity index (χ3v) is 5.45. The number of fused-ring (bicyclic) bond motifs is 5. The summed E-state index contributed by atoms with van der Waals surface area (Å²) >= 11 is 5.87. The molecule has 4 heteroatoms. The van der Waals surface area contributed by atoms with Crippen LogP contribution in [0.4, 0.5) is 5.69 Å². The molecule has 2 amide bonds. The van der Waals surface area contributed by atoms with E-state index in [1.807, 2.05) is 6.92 Å². The Labute approximate surface area is 122 Å². The minimum atomic E-state index is -0.559. The van der Waals surface area contributed by atoms with Gasteiger partial charge in [0.2, 0.25) is 11.8 Å². The zero-order valence-corrected chi connectivity index (χ0v) is 11.8. The molecule has 4 atom stereocenters. The lowest BCUT2D eigenvalue weighted by Gasteiger charge is -2.28. The van der Waals surface area contributed by atoms with Crippen LogP contribution in [0.15, 0.2) is 36.4 Å². The van der Waals surface area contributed by atoms with Crippen LogP contribution in [0.2, 0.25) is 5.02 Å². The van der Waals surface area contributed by atoms with Crippen LogP contribution in [-0.2, 0) is 9.59 Å². The van der Waals surface area contributed by atoms with Gasteiger partial charge in [-0.3, -0.25) is 9.59 Å². The first-order chi connectivity index (χ1) is 9.53. The zero-order valence-electron chi connectivity index (χ0n) is 11.0. The highest BCUT2D eigenvalue weighted by Gasteiger charge is 2.67. The van der Waals surface area contributed by atoms with E-state index in [9.17, 15) is 9.59 Å². The summed E-state index contributed by atoms with van der Waals surface area (Å²) in [4.78, 5) is 26.9. The van der Waals surface area contributed by atoms with Gasteiger partial charge in [-0.25, -0.2) is 4.90 Å². The molecule has 1 heterocycles. The molecule has 0 spiro atoms. The van der Waals surface area contributed by atoms with Crippen LogP contribution >= 0.6 is 11.6 Å². The normalized spacial score (nSPS) is 37.9. The summed E-state index contributed by atoms with van der Waals surface area (Å²) in [6, 6.07) is 6.89. The monoisotopic (exact) mass is 287 g/mol. The highest BCUT2D eigenvalue weighted by Crippen LogP contribution is 2.60. The lowest BCUT2D eigenvalue weighted by atomic mass is 9.71. The van der Waals surface area contributed by atoms with Gasteiger partial charge in [-0.1, -0.05) is 23.8 Å². The summed E-state index contributed by atoms with van der Waals surface area (Å²) in [7, 11) is 0. The number of amides is 2. The van der Waals surface area contributed by atoms with Crippen molar-refractivity contribution in [3.8, 4) is 0 Å². The Kier molecular flexibility index (Phi) is 2.27. The molecule has 102 valence electrons. The van der Waals surface area contributed by atoms with Crippen molar-refractivity contribution >= 4 is 29.1 Å². The maximum absolute atomic E-state index is 12.8. The smallest absolute Gasteiger partial charge is 0.241 e. The van der Waals surface area contributed by atoms with E-state index in [0.29, 0.717) is 10.7 Å². The number of carbonyl (C=O) groups is 2. The van der Waals surface area contributed by atoms with Gasteiger partial charge >= 0.3 is 0 Å². The Hall–Kier alpha value is -1.61. The van der Waals surface area contributed by atoms with E-state index < -0.39 is 5.41 Å². The molecule has 1 aliphatic heterocycles. The summed E-state index contributed by atoms with van der Waals surface area (Å²) in [5.74, 6) is 0.106. The number of allylic oxidation sites excluding steroid dienone is 2. The molecule has 2 fully saturated rings. The van der Waals surface area contributed by atoms with Crippen LogP contribution < -0.4 is 4.90 Å². The molecule has 4 rings (SSSR count). The largest absolute Gasteiger partial charge is 0.274 e. The number of imide groups is 1. The predicted molar refractivity (Wildman–Crippen MR) is 76.3 cm³/mol. The number of rotatable bonds is 1. The third kappa shape index (κ3) is 1.27. The van der Waals surface area contributed by atoms with E-state index in [1.54, 1.807) is 24.3 Å². The maximum atomic E-state index is 12.8. The first kappa shape index (κ1) is 12.2. The Morgan fingerprint density at radius 2 is 1.90 bits per heavy atom. The standard InChI is InChI=1S/C16H14ClNO2/c1-16-10-3-2-9(8-10)13(16)14(19)18(15(16)20)12-6-4-11(17)5-7-12/h2-7,9-10,13H,8H2,1H3/t9-,10-,13+,16+/m0/s1. The fourth-order valence-electron chi connectivity index (χ4n) is 4.14. The Balaban J connectivity index is 1.80. The van der Waals surface area contributed by atoms with E-state index >= 15 is 0 Å². The number of carbonyl (C=O) groups excluding carboxylic acids is 2. The second-order valence-corrected chi connectivity index (χ2v) is 6.54. The number of anilines is 1. The second-order valence-electron chi connectivity index (χ2n) is 6.11. The lowest BCUT2D eigenvalue weighted by molar-refractivity contribution is -0.127. The predicted octanol–water partition coefficient (Wildman–Crippen LogP) is 3.04. The molecule has 3 nitrogen and oxygen atoms in total. The van der Waals surface area contributed by atoms with Crippen molar-refractivity contribution in [2.75, 3.05) is 4.90 Å². The molecule has 0 N–H and O–H groups in total. The SMILES string of the molecule is C[C@]12C(=O)N(c3ccc(Cl)cc3)C(=O)[C@H]1[C@H]1C=C[C@H]2C1. The van der Waals surface area contributed by atoms with Crippen LogP contribution in [0, 0.1) is 23.2 Å². The number of halogens is 1. The maximum Gasteiger partial charge on any atom is 0.241 e. The first-order valence-electron chi connectivity index (χ1n) is 6.86. The van der Waals surface area contributed by atoms with E-state index in [4.69, 9.17) is 11.6 Å². The molecule has 3 aliphatic rings. The first-order valence-corrected chi connectivity index (χ1v) is 7.23. The van der Waals surface area contributed by atoms with Gasteiger partial charge in [-0.2, -0.15) is 0 Å².